The minimum absolute atomic E-state index is 0.0248. The first-order valence-electron chi connectivity index (χ1n) is 8.74. The summed E-state index contributed by atoms with van der Waals surface area (Å²) in [4.78, 5) is 12.6. The molecule has 5 nitrogen and oxygen atoms in total. The van der Waals surface area contributed by atoms with Crippen LogP contribution in [0.2, 0.25) is 5.02 Å². The van der Waals surface area contributed by atoms with Gasteiger partial charge in [0.1, 0.15) is 5.82 Å². The SMILES string of the molecule is O=C(Nc1cccc(F)c1)c1cc(S(=O)(=O)N2CCCCCC2)ccc1Cl. The van der Waals surface area contributed by atoms with Crippen LogP contribution in [0.15, 0.2) is 47.4 Å². The van der Waals surface area contributed by atoms with Crippen molar-refractivity contribution in [1.82, 2.24) is 4.31 Å². The van der Waals surface area contributed by atoms with Gasteiger partial charge >= 0.3 is 0 Å². The first-order chi connectivity index (χ1) is 12.9. The fourth-order valence-electron chi connectivity index (χ4n) is 3.03. The van der Waals surface area contributed by atoms with Crippen molar-refractivity contribution in [2.75, 3.05) is 18.4 Å². The van der Waals surface area contributed by atoms with Crippen LogP contribution in [0.5, 0.6) is 0 Å². The number of carbonyl (C=O) groups excluding carboxylic acids is 1. The second-order valence-electron chi connectivity index (χ2n) is 6.42. The molecule has 0 spiro atoms. The lowest BCUT2D eigenvalue weighted by Crippen LogP contribution is -2.32. The summed E-state index contributed by atoms with van der Waals surface area (Å²) >= 11 is 6.11. The van der Waals surface area contributed by atoms with Gasteiger partial charge in [0.05, 0.1) is 15.5 Å². The molecule has 1 amide bonds. The molecule has 27 heavy (non-hydrogen) atoms. The van der Waals surface area contributed by atoms with E-state index in [9.17, 15) is 17.6 Å². The maximum atomic E-state index is 13.3. The van der Waals surface area contributed by atoms with Crippen molar-refractivity contribution in [3.05, 3.63) is 58.9 Å². The Labute approximate surface area is 163 Å². The Kier molecular flexibility index (Phi) is 6.14. The Morgan fingerprint density at radius 3 is 2.41 bits per heavy atom. The number of halogens is 2. The highest BCUT2D eigenvalue weighted by Gasteiger charge is 2.26. The molecule has 1 N–H and O–H groups in total. The summed E-state index contributed by atoms with van der Waals surface area (Å²) in [6.45, 7) is 0.936. The van der Waals surface area contributed by atoms with Crippen LogP contribution in [-0.4, -0.2) is 31.7 Å². The van der Waals surface area contributed by atoms with E-state index in [2.05, 4.69) is 5.32 Å². The van der Waals surface area contributed by atoms with Gasteiger partial charge in [-0.3, -0.25) is 4.79 Å². The Hall–Kier alpha value is -1.96. The lowest BCUT2D eigenvalue weighted by Gasteiger charge is -2.20. The van der Waals surface area contributed by atoms with Gasteiger partial charge in [-0.15, -0.1) is 0 Å². The predicted molar refractivity (Wildman–Crippen MR) is 103 cm³/mol. The van der Waals surface area contributed by atoms with E-state index in [-0.39, 0.29) is 21.2 Å². The number of anilines is 1. The Balaban J connectivity index is 1.88. The molecule has 0 bridgehead atoms. The van der Waals surface area contributed by atoms with Gasteiger partial charge in [-0.05, 0) is 49.2 Å². The van der Waals surface area contributed by atoms with Crippen molar-refractivity contribution in [1.29, 1.82) is 0 Å². The maximum Gasteiger partial charge on any atom is 0.257 e. The topological polar surface area (TPSA) is 66.5 Å². The zero-order valence-corrected chi connectivity index (χ0v) is 16.2. The molecule has 0 radical (unpaired) electrons. The molecule has 1 saturated heterocycles. The smallest absolute Gasteiger partial charge is 0.257 e. The van der Waals surface area contributed by atoms with Crippen LogP contribution in [0.3, 0.4) is 0 Å². The van der Waals surface area contributed by atoms with Crippen LogP contribution in [0, 0.1) is 5.82 Å². The van der Waals surface area contributed by atoms with Crippen molar-refractivity contribution in [3.8, 4) is 0 Å². The third kappa shape index (κ3) is 4.66. The van der Waals surface area contributed by atoms with Gasteiger partial charge in [0.2, 0.25) is 10.0 Å². The molecule has 144 valence electrons. The third-order valence-corrected chi connectivity index (χ3v) is 6.69. The number of sulfonamides is 1. The molecule has 1 fully saturated rings. The fourth-order valence-corrected chi connectivity index (χ4v) is 4.78. The molecule has 0 saturated carbocycles. The van der Waals surface area contributed by atoms with Crippen LogP contribution in [0.4, 0.5) is 10.1 Å². The van der Waals surface area contributed by atoms with Crippen molar-refractivity contribution in [2.45, 2.75) is 30.6 Å². The Morgan fingerprint density at radius 2 is 1.74 bits per heavy atom. The van der Waals surface area contributed by atoms with Gasteiger partial charge in [-0.25, -0.2) is 12.8 Å². The number of rotatable bonds is 4. The van der Waals surface area contributed by atoms with E-state index in [1.165, 1.54) is 46.8 Å². The van der Waals surface area contributed by atoms with Crippen LogP contribution < -0.4 is 5.32 Å². The van der Waals surface area contributed by atoms with Gasteiger partial charge in [0.15, 0.2) is 0 Å². The number of nitrogens with one attached hydrogen (secondary N) is 1. The summed E-state index contributed by atoms with van der Waals surface area (Å²) in [6, 6.07) is 9.51. The number of carbonyl (C=O) groups is 1. The molecular weight excluding hydrogens is 391 g/mol. The average molecular weight is 411 g/mol. The maximum absolute atomic E-state index is 13.3. The van der Waals surface area contributed by atoms with E-state index in [1.54, 1.807) is 0 Å². The Morgan fingerprint density at radius 1 is 1.04 bits per heavy atom. The lowest BCUT2D eigenvalue weighted by atomic mass is 10.2. The molecule has 0 atom stereocenters. The number of hydrogen-bond acceptors (Lipinski definition) is 3. The molecule has 1 aliphatic rings. The quantitative estimate of drug-likeness (QED) is 0.817. The number of hydrogen-bond donors (Lipinski definition) is 1. The molecule has 8 heteroatoms. The second kappa shape index (κ2) is 8.37. The molecule has 3 rings (SSSR count). The van der Waals surface area contributed by atoms with Crippen LogP contribution in [0.25, 0.3) is 0 Å². The summed E-state index contributed by atoms with van der Waals surface area (Å²) in [5.74, 6) is -1.09. The van der Waals surface area contributed by atoms with Crippen molar-refractivity contribution >= 4 is 33.2 Å². The molecule has 2 aromatic carbocycles. The highest BCUT2D eigenvalue weighted by Crippen LogP contribution is 2.25. The van der Waals surface area contributed by atoms with E-state index in [0.29, 0.717) is 13.1 Å². The van der Waals surface area contributed by atoms with Crippen LogP contribution in [-0.2, 0) is 10.0 Å². The molecule has 1 heterocycles. The third-order valence-electron chi connectivity index (χ3n) is 4.47. The van der Waals surface area contributed by atoms with Crippen molar-refractivity contribution in [2.24, 2.45) is 0 Å². The van der Waals surface area contributed by atoms with Crippen molar-refractivity contribution < 1.29 is 17.6 Å². The fraction of sp³-hybridized carbons (Fsp3) is 0.316. The highest BCUT2D eigenvalue weighted by molar-refractivity contribution is 7.89. The zero-order chi connectivity index (χ0) is 19.4. The summed E-state index contributed by atoms with van der Waals surface area (Å²) < 4.78 is 40.6. The number of benzene rings is 2. The zero-order valence-electron chi connectivity index (χ0n) is 14.6. The first kappa shape index (κ1) is 19.8. The molecular formula is C19H20ClFN2O3S. The molecule has 2 aromatic rings. The normalized spacial score (nSPS) is 15.9. The molecule has 0 unspecified atom stereocenters. The van der Waals surface area contributed by atoms with Gasteiger partial charge in [-0.1, -0.05) is 30.5 Å². The second-order valence-corrected chi connectivity index (χ2v) is 8.77. The Bertz CT molecular complexity index is 942. The summed E-state index contributed by atoms with van der Waals surface area (Å²) in [7, 11) is -3.70. The predicted octanol–water partition coefficient (Wildman–Crippen LogP) is 4.30. The first-order valence-corrected chi connectivity index (χ1v) is 10.6. The van der Waals surface area contributed by atoms with Gasteiger partial charge in [-0.2, -0.15) is 4.31 Å². The van der Waals surface area contributed by atoms with Gasteiger partial charge < -0.3 is 5.32 Å². The minimum atomic E-state index is -3.70. The molecule has 0 aromatic heterocycles. The largest absolute Gasteiger partial charge is 0.322 e. The number of nitrogens with zero attached hydrogens (tertiary/aromatic N) is 1. The summed E-state index contributed by atoms with van der Waals surface area (Å²) in [6.07, 6.45) is 3.65. The van der Waals surface area contributed by atoms with Gasteiger partial charge in [0.25, 0.3) is 5.91 Å². The van der Waals surface area contributed by atoms with Crippen LogP contribution >= 0.6 is 11.6 Å². The number of amides is 1. The monoisotopic (exact) mass is 410 g/mol. The standard InChI is InChI=1S/C19H20ClFN2O3S/c20-18-9-8-16(27(25,26)23-10-3-1-2-4-11-23)13-17(18)19(24)22-15-7-5-6-14(21)12-15/h5-9,12-13H,1-4,10-11H2,(H,22,24). The average Bonchev–Trinajstić information content (AvgIpc) is 2.92. The van der Waals surface area contributed by atoms with E-state index >= 15 is 0 Å². The van der Waals surface area contributed by atoms with E-state index < -0.39 is 21.7 Å². The lowest BCUT2D eigenvalue weighted by molar-refractivity contribution is 0.102. The minimum Gasteiger partial charge on any atom is -0.322 e. The van der Waals surface area contributed by atoms with E-state index in [1.807, 2.05) is 0 Å². The van der Waals surface area contributed by atoms with Gasteiger partial charge in [0, 0.05) is 18.8 Å². The highest BCUT2D eigenvalue weighted by atomic mass is 35.5. The van der Waals surface area contributed by atoms with E-state index in [4.69, 9.17) is 11.6 Å². The molecule has 1 aliphatic heterocycles. The summed E-state index contributed by atoms with van der Waals surface area (Å²) in [5, 5.41) is 2.66. The molecule has 0 aliphatic carbocycles. The van der Waals surface area contributed by atoms with E-state index in [0.717, 1.165) is 25.7 Å². The van der Waals surface area contributed by atoms with Crippen LogP contribution in [0.1, 0.15) is 36.0 Å². The van der Waals surface area contributed by atoms with Crippen molar-refractivity contribution in [3.63, 3.8) is 0 Å². The summed E-state index contributed by atoms with van der Waals surface area (Å²) in [5.41, 5.74) is 0.286.